The maximum absolute atomic E-state index is 14.1. The first-order valence-corrected chi connectivity index (χ1v) is 13.9. The van der Waals surface area contributed by atoms with Crippen LogP contribution in [0, 0.1) is 34.0 Å². The summed E-state index contributed by atoms with van der Waals surface area (Å²) in [5, 5.41) is 58.0. The van der Waals surface area contributed by atoms with Crippen molar-refractivity contribution in [1.29, 1.82) is 0 Å². The predicted octanol–water partition coefficient (Wildman–Crippen LogP) is 1.01. The standard InChI is InChI=1S/C30H42O9/c1-15-18(39-26(36)17(31)11-16-9-7-6-8-10-16)13-30(37)25(35)23-28(4)14-38-20(28)12-19(32)29(23,5)24(34)22(33)21(15)27(30,2)3/h6-10,15,17-21,23-25,31-32,34-35,37H,11-14H2,1-5H3. The number of aliphatic hydroxyl groups is 5. The predicted molar refractivity (Wildman–Crippen MR) is 139 cm³/mol. The molecule has 3 saturated carbocycles. The number of ether oxygens (including phenoxy) is 2. The van der Waals surface area contributed by atoms with E-state index in [4.69, 9.17) is 9.47 Å². The molecule has 1 aromatic rings. The van der Waals surface area contributed by atoms with Gasteiger partial charge in [-0.15, -0.1) is 0 Å². The minimum absolute atomic E-state index is 0.0400. The molecule has 1 heterocycles. The number of carbonyl (C=O) groups excluding carboxylic acids is 2. The molecule has 0 radical (unpaired) electrons. The van der Waals surface area contributed by atoms with E-state index < -0.39 is 88.0 Å². The number of hydrogen-bond donors (Lipinski definition) is 5. The zero-order chi connectivity index (χ0) is 28.7. The van der Waals surface area contributed by atoms with Gasteiger partial charge in [0.05, 0.1) is 24.9 Å². The Morgan fingerprint density at radius 2 is 1.77 bits per heavy atom. The molecular weight excluding hydrogens is 504 g/mol. The summed E-state index contributed by atoms with van der Waals surface area (Å²) in [6, 6.07) is 9.00. The Kier molecular flexibility index (Phi) is 6.85. The highest BCUT2D eigenvalue weighted by Gasteiger charge is 2.75. The molecule has 3 aliphatic carbocycles. The summed E-state index contributed by atoms with van der Waals surface area (Å²) in [7, 11) is 0. The van der Waals surface area contributed by atoms with Crippen LogP contribution in [-0.4, -0.2) is 86.1 Å². The second-order valence-corrected chi connectivity index (χ2v) is 13.5. The third-order valence-electron chi connectivity index (χ3n) is 11.2. The third kappa shape index (κ3) is 3.88. The summed E-state index contributed by atoms with van der Waals surface area (Å²) in [5.41, 5.74) is -4.51. The number of carbonyl (C=O) groups is 2. The summed E-state index contributed by atoms with van der Waals surface area (Å²) in [6.07, 6.45) is -7.01. The number of benzene rings is 1. The number of fused-ring (bicyclic) bond motifs is 5. The van der Waals surface area contributed by atoms with Crippen LogP contribution in [0.4, 0.5) is 0 Å². The molecule has 12 atom stereocenters. The van der Waals surface area contributed by atoms with Gasteiger partial charge >= 0.3 is 5.97 Å². The zero-order valence-electron chi connectivity index (χ0n) is 23.3. The van der Waals surface area contributed by atoms with Gasteiger partial charge in [0, 0.05) is 53.3 Å². The molecule has 12 unspecified atom stereocenters. The number of ketones is 1. The zero-order valence-corrected chi connectivity index (χ0v) is 23.3. The fraction of sp³-hybridized carbons (Fsp3) is 0.733. The van der Waals surface area contributed by atoms with Crippen LogP contribution in [0.3, 0.4) is 0 Å². The van der Waals surface area contributed by atoms with Crippen LogP contribution >= 0.6 is 0 Å². The van der Waals surface area contributed by atoms with Gasteiger partial charge in [-0.25, -0.2) is 4.79 Å². The summed E-state index contributed by atoms with van der Waals surface area (Å²) >= 11 is 0. The first kappa shape index (κ1) is 28.6. The minimum atomic E-state index is -1.92. The molecule has 39 heavy (non-hydrogen) atoms. The Morgan fingerprint density at radius 1 is 1.13 bits per heavy atom. The number of aliphatic hydroxyl groups excluding tert-OH is 4. The van der Waals surface area contributed by atoms with Gasteiger partial charge in [0.2, 0.25) is 0 Å². The van der Waals surface area contributed by atoms with Crippen molar-refractivity contribution in [2.75, 3.05) is 6.61 Å². The molecule has 5 rings (SSSR count). The van der Waals surface area contributed by atoms with Crippen LogP contribution in [0.15, 0.2) is 30.3 Å². The van der Waals surface area contributed by atoms with Crippen molar-refractivity contribution in [2.24, 2.45) is 34.0 Å². The van der Waals surface area contributed by atoms with Crippen molar-refractivity contribution in [3.8, 4) is 0 Å². The lowest BCUT2D eigenvalue weighted by molar-refractivity contribution is -0.341. The smallest absolute Gasteiger partial charge is 0.335 e. The lowest BCUT2D eigenvalue weighted by atomic mass is 9.40. The highest BCUT2D eigenvalue weighted by Crippen LogP contribution is 2.66. The normalized spacial score (nSPS) is 47.5. The first-order valence-electron chi connectivity index (χ1n) is 13.9. The number of hydrogen-bond acceptors (Lipinski definition) is 9. The van der Waals surface area contributed by atoms with Gasteiger partial charge in [-0.05, 0) is 5.56 Å². The van der Waals surface area contributed by atoms with Crippen molar-refractivity contribution in [3.05, 3.63) is 35.9 Å². The van der Waals surface area contributed by atoms with E-state index in [0.29, 0.717) is 0 Å². The highest BCUT2D eigenvalue weighted by molar-refractivity contribution is 5.88. The van der Waals surface area contributed by atoms with Crippen LogP contribution in [-0.2, 0) is 25.5 Å². The number of Topliss-reactive ketones (excluding diaryl/α,β-unsaturated/α-hetero) is 1. The van der Waals surface area contributed by atoms with Crippen molar-refractivity contribution >= 4 is 11.8 Å². The van der Waals surface area contributed by atoms with E-state index in [1.807, 2.05) is 13.0 Å². The summed E-state index contributed by atoms with van der Waals surface area (Å²) in [4.78, 5) is 27.1. The molecule has 9 heteroatoms. The summed E-state index contributed by atoms with van der Waals surface area (Å²) in [6.45, 7) is 8.89. The van der Waals surface area contributed by atoms with Gasteiger partial charge in [-0.1, -0.05) is 65.0 Å². The molecule has 1 aromatic carbocycles. The minimum Gasteiger partial charge on any atom is -0.460 e. The van der Waals surface area contributed by atoms with Crippen LogP contribution in [0.2, 0.25) is 0 Å². The molecule has 4 aliphatic rings. The first-order chi connectivity index (χ1) is 18.1. The van der Waals surface area contributed by atoms with Crippen molar-refractivity contribution in [1.82, 2.24) is 0 Å². The molecule has 1 aliphatic heterocycles. The maximum Gasteiger partial charge on any atom is 0.335 e. The van der Waals surface area contributed by atoms with Gasteiger partial charge in [-0.2, -0.15) is 0 Å². The Balaban J connectivity index is 1.52. The van der Waals surface area contributed by atoms with Crippen molar-refractivity contribution in [2.45, 2.75) is 96.1 Å². The average Bonchev–Trinajstić information content (AvgIpc) is 2.88. The van der Waals surface area contributed by atoms with Crippen LogP contribution in [0.1, 0.15) is 53.0 Å². The van der Waals surface area contributed by atoms with E-state index in [9.17, 15) is 35.1 Å². The van der Waals surface area contributed by atoms with E-state index >= 15 is 0 Å². The lowest BCUT2D eigenvalue weighted by Crippen LogP contribution is -2.79. The molecule has 0 spiro atoms. The molecule has 0 amide bonds. The Morgan fingerprint density at radius 3 is 2.36 bits per heavy atom. The van der Waals surface area contributed by atoms with Gasteiger partial charge in [0.15, 0.2) is 11.9 Å². The number of esters is 1. The van der Waals surface area contributed by atoms with E-state index in [1.165, 1.54) is 0 Å². The lowest BCUT2D eigenvalue weighted by Gasteiger charge is -2.69. The topological polar surface area (TPSA) is 154 Å². The van der Waals surface area contributed by atoms with E-state index in [1.54, 1.807) is 52.0 Å². The molecule has 0 aromatic heterocycles. The van der Waals surface area contributed by atoms with E-state index in [2.05, 4.69) is 0 Å². The van der Waals surface area contributed by atoms with Gasteiger partial charge in [0.1, 0.15) is 17.8 Å². The summed E-state index contributed by atoms with van der Waals surface area (Å²) < 4.78 is 11.5. The highest BCUT2D eigenvalue weighted by atomic mass is 16.6. The average molecular weight is 547 g/mol. The Labute approximate surface area is 229 Å². The van der Waals surface area contributed by atoms with Crippen LogP contribution < -0.4 is 0 Å². The molecule has 9 nitrogen and oxygen atoms in total. The monoisotopic (exact) mass is 546 g/mol. The van der Waals surface area contributed by atoms with Gasteiger partial charge in [-0.3, -0.25) is 4.79 Å². The molecule has 5 N–H and O–H groups in total. The van der Waals surface area contributed by atoms with E-state index in [0.717, 1.165) is 5.56 Å². The van der Waals surface area contributed by atoms with Crippen molar-refractivity contribution in [3.63, 3.8) is 0 Å². The fourth-order valence-corrected chi connectivity index (χ4v) is 8.58. The largest absolute Gasteiger partial charge is 0.460 e. The van der Waals surface area contributed by atoms with Crippen LogP contribution in [0.5, 0.6) is 0 Å². The molecule has 216 valence electrons. The SMILES string of the molecule is CC1C(OC(=O)C(O)Cc2ccccc2)CC2(O)C(O)C3C4(C)COC4CC(O)C3(C)C(O)C(=O)C1C2(C)C. The van der Waals surface area contributed by atoms with Crippen LogP contribution in [0.25, 0.3) is 0 Å². The Bertz CT molecular complexity index is 1120. The van der Waals surface area contributed by atoms with Gasteiger partial charge in [0.25, 0.3) is 0 Å². The van der Waals surface area contributed by atoms with Crippen molar-refractivity contribution < 1.29 is 44.6 Å². The molecular formula is C30H42O9. The van der Waals surface area contributed by atoms with E-state index in [-0.39, 0.29) is 25.9 Å². The molecule has 1 saturated heterocycles. The Hall–Kier alpha value is -1.88. The molecule has 4 fully saturated rings. The second kappa shape index (κ2) is 9.33. The summed E-state index contributed by atoms with van der Waals surface area (Å²) in [5.74, 6) is -3.97. The number of rotatable bonds is 4. The third-order valence-corrected chi connectivity index (χ3v) is 11.2. The second-order valence-electron chi connectivity index (χ2n) is 13.5. The fourth-order valence-electron chi connectivity index (χ4n) is 8.58. The molecule has 2 bridgehead atoms. The van der Waals surface area contributed by atoms with Gasteiger partial charge < -0.3 is 35.0 Å². The quantitative estimate of drug-likeness (QED) is 0.348. The maximum atomic E-state index is 14.1.